The van der Waals surface area contributed by atoms with Gasteiger partial charge in [0.25, 0.3) is 0 Å². The minimum absolute atomic E-state index is 0.0678. The highest BCUT2D eigenvalue weighted by Gasteiger charge is 2.31. The summed E-state index contributed by atoms with van der Waals surface area (Å²) in [5.41, 5.74) is 8.98. The van der Waals surface area contributed by atoms with Crippen LogP contribution in [0.5, 0.6) is 0 Å². The van der Waals surface area contributed by atoms with Crippen LogP contribution in [-0.4, -0.2) is 117 Å². The summed E-state index contributed by atoms with van der Waals surface area (Å²) in [6.45, 7) is 10.3. The van der Waals surface area contributed by atoms with E-state index in [0.717, 1.165) is 79.9 Å². The van der Waals surface area contributed by atoms with E-state index < -0.39 is 0 Å². The number of pyridine rings is 4. The highest BCUT2D eigenvalue weighted by Crippen LogP contribution is 2.30. The van der Waals surface area contributed by atoms with Crippen LogP contribution in [0, 0.1) is 0 Å². The average molecular weight is 761 g/mol. The molecule has 0 radical (unpaired) electrons. The van der Waals surface area contributed by atoms with E-state index in [0.29, 0.717) is 0 Å². The molecule has 12 nitrogen and oxygen atoms in total. The van der Waals surface area contributed by atoms with Gasteiger partial charge in [0.15, 0.2) is 23.1 Å². The number of hydrogen-bond donors (Lipinski definition) is 0. The fourth-order valence-electron chi connectivity index (χ4n) is 8.34. The summed E-state index contributed by atoms with van der Waals surface area (Å²) in [5, 5.41) is 0. The minimum Gasteiger partial charge on any atom is -0.298 e. The quantitative estimate of drug-likeness (QED) is 0.283. The molecule has 0 aromatic carbocycles. The standard InChI is InChI=1S/4C11H14N2O/c1-8(14)11-10-3-5-12-7-9(10)4-6-13(11)2;1-8(14)11-10-7-12-5-3-9(10)4-6-13(11)2;1-8(14)11-9-4-3-6-12-10(9)5-7-13(11)2;1-8(14)11-10-9(4-3-6-12-10)5-7-13(11)2/h2*3,5,7,11H,4,6H2,1-2H3;2*3-4,6,11H,5,7H2,1-2H3. The zero-order valence-electron chi connectivity index (χ0n) is 34.1. The van der Waals surface area contributed by atoms with Gasteiger partial charge in [0.05, 0.1) is 23.8 Å². The number of ketones is 4. The lowest BCUT2D eigenvalue weighted by Gasteiger charge is -2.32. The van der Waals surface area contributed by atoms with Crippen LogP contribution in [-0.2, 0) is 44.9 Å². The highest BCUT2D eigenvalue weighted by molar-refractivity contribution is 5.85. The molecule has 0 saturated carbocycles. The van der Waals surface area contributed by atoms with Crippen molar-refractivity contribution in [2.75, 3.05) is 54.4 Å². The monoisotopic (exact) mass is 760 g/mol. The molecule has 0 fully saturated rings. The zero-order valence-corrected chi connectivity index (χ0v) is 34.1. The molecular weight excluding hydrogens is 705 g/mol. The summed E-state index contributed by atoms with van der Waals surface area (Å²) in [5.74, 6) is 0.773. The first kappa shape index (κ1) is 42.3. The molecule has 4 unspecified atom stereocenters. The number of rotatable bonds is 4. The molecule has 0 bridgehead atoms. The molecule has 0 N–H and O–H groups in total. The molecule has 0 spiro atoms. The van der Waals surface area contributed by atoms with Crippen LogP contribution in [0.15, 0.2) is 73.6 Å². The normalized spacial score (nSPS) is 21.7. The second-order valence-electron chi connectivity index (χ2n) is 15.2. The molecule has 56 heavy (non-hydrogen) atoms. The fraction of sp³-hybridized carbons (Fsp3) is 0.455. The topological polar surface area (TPSA) is 133 Å². The van der Waals surface area contributed by atoms with Gasteiger partial charge in [-0.05, 0) is 133 Å². The Labute approximate surface area is 331 Å². The number of carbonyl (C=O) groups excluding carboxylic acids is 4. The van der Waals surface area contributed by atoms with Gasteiger partial charge in [-0.15, -0.1) is 0 Å². The summed E-state index contributed by atoms with van der Waals surface area (Å²) in [7, 11) is 7.95. The Bertz CT molecular complexity index is 1730. The first-order chi connectivity index (χ1) is 26.8. The Morgan fingerprint density at radius 3 is 1.61 bits per heavy atom. The van der Waals surface area contributed by atoms with Gasteiger partial charge in [-0.1, -0.05) is 12.1 Å². The molecule has 8 rings (SSSR count). The molecule has 0 aliphatic carbocycles. The third-order valence-corrected chi connectivity index (χ3v) is 11.1. The van der Waals surface area contributed by atoms with E-state index in [4.69, 9.17) is 0 Å². The number of likely N-dealkylation sites (N-methyl/N-ethyl adjacent to an activating group) is 4. The van der Waals surface area contributed by atoms with Gasteiger partial charge in [0, 0.05) is 75.5 Å². The summed E-state index contributed by atoms with van der Waals surface area (Å²) in [4.78, 5) is 71.1. The molecule has 4 aromatic heterocycles. The second kappa shape index (κ2) is 19.3. The van der Waals surface area contributed by atoms with Crippen molar-refractivity contribution >= 4 is 23.1 Å². The van der Waals surface area contributed by atoms with Crippen molar-refractivity contribution in [3.8, 4) is 0 Å². The fourth-order valence-corrected chi connectivity index (χ4v) is 8.34. The minimum atomic E-state index is -0.139. The maximum Gasteiger partial charge on any atom is 0.153 e. The Balaban J connectivity index is 0.000000143. The van der Waals surface area contributed by atoms with Crippen molar-refractivity contribution in [3.05, 3.63) is 118 Å². The molecule has 4 aliphatic heterocycles. The van der Waals surface area contributed by atoms with Gasteiger partial charge in [0.1, 0.15) is 6.04 Å². The van der Waals surface area contributed by atoms with E-state index in [1.54, 1.807) is 52.5 Å². The summed E-state index contributed by atoms with van der Waals surface area (Å²) in [6.07, 6.45) is 14.7. The van der Waals surface area contributed by atoms with Gasteiger partial charge >= 0.3 is 0 Å². The van der Waals surface area contributed by atoms with Crippen molar-refractivity contribution in [2.45, 2.75) is 77.5 Å². The van der Waals surface area contributed by atoms with Gasteiger partial charge < -0.3 is 0 Å². The SMILES string of the molecule is CC(=O)C1c2cccnc2CCN1C.CC(=O)C1c2ccncc2CCN1C.CC(=O)C1c2cnccc2CCN1C.CC(=O)C1c2ncccc2CCN1C. The highest BCUT2D eigenvalue weighted by atomic mass is 16.1. The van der Waals surface area contributed by atoms with E-state index in [9.17, 15) is 19.2 Å². The summed E-state index contributed by atoms with van der Waals surface area (Å²) in [6, 6.07) is 11.5. The maximum absolute atomic E-state index is 11.5. The van der Waals surface area contributed by atoms with Crippen LogP contribution in [0.1, 0.15) is 96.6 Å². The van der Waals surface area contributed by atoms with Crippen molar-refractivity contribution in [3.63, 3.8) is 0 Å². The molecule has 12 heteroatoms. The molecule has 4 aliphatic rings. The van der Waals surface area contributed by atoms with Crippen LogP contribution in [0.4, 0.5) is 0 Å². The van der Waals surface area contributed by atoms with Crippen LogP contribution in [0.3, 0.4) is 0 Å². The van der Waals surface area contributed by atoms with Gasteiger partial charge in [-0.2, -0.15) is 0 Å². The second-order valence-corrected chi connectivity index (χ2v) is 15.2. The number of hydrogen-bond acceptors (Lipinski definition) is 12. The first-order valence-electron chi connectivity index (χ1n) is 19.4. The molecule has 4 atom stereocenters. The predicted octanol–water partition coefficient (Wildman–Crippen LogP) is 4.80. The molecular formula is C44H56N8O4. The average Bonchev–Trinajstić information content (AvgIpc) is 3.17. The van der Waals surface area contributed by atoms with Gasteiger partial charge in [0.2, 0.25) is 0 Å². The first-order valence-corrected chi connectivity index (χ1v) is 19.4. The van der Waals surface area contributed by atoms with Crippen LogP contribution in [0.25, 0.3) is 0 Å². The number of Topliss-reactive ketones (excluding diaryl/α,β-unsaturated/α-hetero) is 4. The van der Waals surface area contributed by atoms with Crippen molar-refractivity contribution < 1.29 is 19.2 Å². The van der Waals surface area contributed by atoms with Crippen molar-refractivity contribution in [1.29, 1.82) is 0 Å². The Morgan fingerprint density at radius 1 is 0.482 bits per heavy atom. The van der Waals surface area contributed by atoms with E-state index in [-0.39, 0.29) is 47.3 Å². The molecule has 4 aromatic rings. The Morgan fingerprint density at radius 2 is 0.964 bits per heavy atom. The lowest BCUT2D eigenvalue weighted by molar-refractivity contribution is -0.123. The predicted molar refractivity (Wildman–Crippen MR) is 216 cm³/mol. The van der Waals surface area contributed by atoms with Crippen molar-refractivity contribution in [1.82, 2.24) is 39.5 Å². The largest absolute Gasteiger partial charge is 0.298 e. The lowest BCUT2D eigenvalue weighted by Crippen LogP contribution is -2.36. The zero-order chi connectivity index (χ0) is 40.5. The Hall–Kier alpha value is -4.88. The van der Waals surface area contributed by atoms with Crippen LogP contribution < -0.4 is 0 Å². The summed E-state index contributed by atoms with van der Waals surface area (Å²) < 4.78 is 0. The molecule has 296 valence electrons. The third-order valence-electron chi connectivity index (χ3n) is 11.1. The number of carbonyl (C=O) groups is 4. The van der Waals surface area contributed by atoms with E-state index in [1.165, 1.54) is 16.7 Å². The molecule has 0 saturated heterocycles. The lowest BCUT2D eigenvalue weighted by atomic mass is 9.93. The summed E-state index contributed by atoms with van der Waals surface area (Å²) >= 11 is 0. The van der Waals surface area contributed by atoms with Crippen LogP contribution >= 0.6 is 0 Å². The number of aromatic nitrogens is 4. The van der Waals surface area contributed by atoms with E-state index in [2.05, 4.69) is 45.6 Å². The van der Waals surface area contributed by atoms with E-state index >= 15 is 0 Å². The molecule has 8 heterocycles. The number of nitrogens with zero attached hydrogens (tertiary/aromatic N) is 8. The molecule has 0 amide bonds. The number of fused-ring (bicyclic) bond motifs is 4. The van der Waals surface area contributed by atoms with Crippen molar-refractivity contribution in [2.24, 2.45) is 0 Å². The smallest absolute Gasteiger partial charge is 0.153 e. The van der Waals surface area contributed by atoms with Crippen LogP contribution in [0.2, 0.25) is 0 Å². The maximum atomic E-state index is 11.5. The van der Waals surface area contributed by atoms with E-state index in [1.807, 2.05) is 70.9 Å². The van der Waals surface area contributed by atoms with Gasteiger partial charge in [-0.25, -0.2) is 0 Å². The van der Waals surface area contributed by atoms with Gasteiger partial charge in [-0.3, -0.25) is 58.7 Å². The Kier molecular flexibility index (Phi) is 14.6. The third kappa shape index (κ3) is 9.91.